The number of halogens is 2. The van der Waals surface area contributed by atoms with Crippen molar-refractivity contribution in [3.63, 3.8) is 0 Å². The minimum Gasteiger partial charge on any atom is -0.349 e. The van der Waals surface area contributed by atoms with Gasteiger partial charge in [-0.2, -0.15) is 11.8 Å². The third-order valence-corrected chi connectivity index (χ3v) is 5.84. The second-order valence-electron chi connectivity index (χ2n) is 4.81. The van der Waals surface area contributed by atoms with Crippen molar-refractivity contribution < 1.29 is 4.79 Å². The molecular weight excluding hydrogens is 390 g/mol. The van der Waals surface area contributed by atoms with Crippen LogP contribution in [0.3, 0.4) is 0 Å². The predicted octanol–water partition coefficient (Wildman–Crippen LogP) is 4.62. The van der Waals surface area contributed by atoms with Gasteiger partial charge in [0.2, 0.25) is 0 Å². The molecule has 1 aromatic rings. The number of rotatable bonds is 3. The highest BCUT2D eigenvalue weighted by atomic mass is 79.9. The van der Waals surface area contributed by atoms with E-state index < -0.39 is 0 Å². The first-order valence-electron chi connectivity index (χ1n) is 6.39. The standard InChI is InChI=1S/C14H17Br2NOS/c1-19-11-5-3-10(4-6-11)17-14(18)12-8-9(15)2-7-13(12)16/h2,7-8,10-11H,3-6H2,1H3,(H,17,18). The van der Waals surface area contributed by atoms with E-state index in [0.717, 1.165) is 27.0 Å². The second kappa shape index (κ2) is 7.14. The zero-order valence-electron chi connectivity index (χ0n) is 10.8. The first-order chi connectivity index (χ1) is 9.10. The van der Waals surface area contributed by atoms with Crippen molar-refractivity contribution in [2.75, 3.05) is 6.26 Å². The maximum atomic E-state index is 12.3. The van der Waals surface area contributed by atoms with Crippen LogP contribution in [0.1, 0.15) is 36.0 Å². The van der Waals surface area contributed by atoms with Crippen molar-refractivity contribution in [3.8, 4) is 0 Å². The molecule has 5 heteroatoms. The van der Waals surface area contributed by atoms with Gasteiger partial charge in [-0.25, -0.2) is 0 Å². The fourth-order valence-electron chi connectivity index (χ4n) is 2.38. The quantitative estimate of drug-likeness (QED) is 0.793. The van der Waals surface area contributed by atoms with E-state index >= 15 is 0 Å². The summed E-state index contributed by atoms with van der Waals surface area (Å²) in [5.41, 5.74) is 0.696. The highest BCUT2D eigenvalue weighted by Crippen LogP contribution is 2.27. The first kappa shape index (κ1) is 15.4. The van der Waals surface area contributed by atoms with Crippen LogP contribution >= 0.6 is 43.6 Å². The number of carbonyl (C=O) groups is 1. The van der Waals surface area contributed by atoms with Gasteiger partial charge in [0, 0.05) is 20.2 Å². The molecule has 1 amide bonds. The maximum absolute atomic E-state index is 12.3. The molecule has 0 bridgehead atoms. The molecule has 2 rings (SSSR count). The van der Waals surface area contributed by atoms with Crippen molar-refractivity contribution in [2.24, 2.45) is 0 Å². The third-order valence-electron chi connectivity index (χ3n) is 3.52. The molecule has 1 aromatic carbocycles. The van der Waals surface area contributed by atoms with Crippen molar-refractivity contribution in [1.29, 1.82) is 0 Å². The summed E-state index contributed by atoms with van der Waals surface area (Å²) in [4.78, 5) is 12.3. The van der Waals surface area contributed by atoms with Crippen LogP contribution < -0.4 is 5.32 Å². The van der Waals surface area contributed by atoms with Gasteiger partial charge in [0.15, 0.2) is 0 Å². The van der Waals surface area contributed by atoms with E-state index in [1.54, 1.807) is 0 Å². The molecule has 1 N–H and O–H groups in total. The molecule has 19 heavy (non-hydrogen) atoms. The molecule has 0 aliphatic heterocycles. The minimum atomic E-state index is 0.0146. The fraction of sp³-hybridized carbons (Fsp3) is 0.500. The molecule has 0 aromatic heterocycles. The third kappa shape index (κ3) is 4.23. The van der Waals surface area contributed by atoms with E-state index in [-0.39, 0.29) is 5.91 Å². The molecule has 1 aliphatic carbocycles. The summed E-state index contributed by atoms with van der Waals surface area (Å²) < 4.78 is 1.76. The molecule has 2 nitrogen and oxygen atoms in total. The Bertz CT molecular complexity index is 459. The summed E-state index contributed by atoms with van der Waals surface area (Å²) in [7, 11) is 0. The van der Waals surface area contributed by atoms with E-state index in [9.17, 15) is 4.79 Å². The number of carbonyl (C=O) groups excluding carboxylic acids is 1. The lowest BCUT2D eigenvalue weighted by Crippen LogP contribution is -2.38. The number of hydrogen-bond donors (Lipinski definition) is 1. The Kier molecular flexibility index (Phi) is 5.78. The Balaban J connectivity index is 1.96. The SMILES string of the molecule is CSC1CCC(NC(=O)c2cc(Br)ccc2Br)CC1. The zero-order chi connectivity index (χ0) is 13.8. The van der Waals surface area contributed by atoms with Crippen molar-refractivity contribution in [1.82, 2.24) is 5.32 Å². The smallest absolute Gasteiger partial charge is 0.252 e. The topological polar surface area (TPSA) is 29.1 Å². The molecule has 0 unspecified atom stereocenters. The fourth-order valence-corrected chi connectivity index (χ4v) is 3.91. The average molecular weight is 407 g/mol. The number of benzene rings is 1. The lowest BCUT2D eigenvalue weighted by Gasteiger charge is -2.28. The number of thioether (sulfide) groups is 1. The molecule has 1 fully saturated rings. The van der Waals surface area contributed by atoms with Gasteiger partial charge in [0.1, 0.15) is 0 Å². The van der Waals surface area contributed by atoms with E-state index in [2.05, 4.69) is 43.4 Å². The van der Waals surface area contributed by atoms with Crippen molar-refractivity contribution in [3.05, 3.63) is 32.7 Å². The molecule has 1 saturated carbocycles. The molecule has 0 spiro atoms. The van der Waals surface area contributed by atoms with Gasteiger partial charge < -0.3 is 5.32 Å². The predicted molar refractivity (Wildman–Crippen MR) is 88.9 cm³/mol. The summed E-state index contributed by atoms with van der Waals surface area (Å²) in [6.45, 7) is 0. The van der Waals surface area contributed by atoms with E-state index in [0.29, 0.717) is 11.6 Å². The van der Waals surface area contributed by atoms with Gasteiger partial charge in [-0.3, -0.25) is 4.79 Å². The number of hydrogen-bond acceptors (Lipinski definition) is 2. The Morgan fingerprint density at radius 1 is 1.26 bits per heavy atom. The van der Waals surface area contributed by atoms with Crippen molar-refractivity contribution >= 4 is 49.5 Å². The maximum Gasteiger partial charge on any atom is 0.252 e. The van der Waals surface area contributed by atoms with Crippen LogP contribution in [0, 0.1) is 0 Å². The molecule has 104 valence electrons. The van der Waals surface area contributed by atoms with Gasteiger partial charge >= 0.3 is 0 Å². The largest absolute Gasteiger partial charge is 0.349 e. The molecule has 0 atom stereocenters. The van der Waals surface area contributed by atoms with E-state index in [1.807, 2.05) is 30.0 Å². The highest BCUT2D eigenvalue weighted by Gasteiger charge is 2.22. The van der Waals surface area contributed by atoms with Gasteiger partial charge in [-0.05, 0) is 66.1 Å². The van der Waals surface area contributed by atoms with Crippen LogP contribution in [-0.2, 0) is 0 Å². The van der Waals surface area contributed by atoms with Gasteiger partial charge in [0.25, 0.3) is 5.91 Å². The average Bonchev–Trinajstić information content (AvgIpc) is 2.42. The normalized spacial score (nSPS) is 23.1. The van der Waals surface area contributed by atoms with Gasteiger partial charge in [0.05, 0.1) is 5.56 Å². The van der Waals surface area contributed by atoms with Crippen LogP contribution in [0.4, 0.5) is 0 Å². The van der Waals surface area contributed by atoms with Crippen LogP contribution in [0.15, 0.2) is 27.1 Å². The Hall–Kier alpha value is -0.000000000000000111. The Morgan fingerprint density at radius 2 is 1.95 bits per heavy atom. The Labute approximate surface area is 135 Å². The molecule has 1 aliphatic rings. The highest BCUT2D eigenvalue weighted by molar-refractivity contribution is 9.11. The van der Waals surface area contributed by atoms with Gasteiger partial charge in [-0.15, -0.1) is 0 Å². The lowest BCUT2D eigenvalue weighted by atomic mass is 9.94. The molecule has 0 heterocycles. The van der Waals surface area contributed by atoms with Crippen LogP contribution in [0.25, 0.3) is 0 Å². The molecule has 0 saturated heterocycles. The first-order valence-corrected chi connectivity index (χ1v) is 9.26. The summed E-state index contributed by atoms with van der Waals surface area (Å²) in [6, 6.07) is 5.99. The Morgan fingerprint density at radius 3 is 2.58 bits per heavy atom. The number of nitrogens with one attached hydrogen (secondary N) is 1. The second-order valence-corrected chi connectivity index (χ2v) is 7.72. The monoisotopic (exact) mass is 405 g/mol. The van der Waals surface area contributed by atoms with E-state index in [4.69, 9.17) is 0 Å². The molecule has 0 radical (unpaired) electrons. The summed E-state index contributed by atoms with van der Waals surface area (Å²) in [5, 5.41) is 3.92. The minimum absolute atomic E-state index is 0.0146. The summed E-state index contributed by atoms with van der Waals surface area (Å²) >= 11 is 8.78. The van der Waals surface area contributed by atoms with Crippen LogP contribution in [0.2, 0.25) is 0 Å². The lowest BCUT2D eigenvalue weighted by molar-refractivity contribution is 0.0927. The summed E-state index contributed by atoms with van der Waals surface area (Å²) in [6.07, 6.45) is 6.74. The van der Waals surface area contributed by atoms with Gasteiger partial charge in [-0.1, -0.05) is 15.9 Å². The van der Waals surface area contributed by atoms with Crippen LogP contribution in [-0.4, -0.2) is 23.5 Å². The molecular formula is C14H17Br2NOS. The summed E-state index contributed by atoms with van der Waals surface area (Å²) in [5.74, 6) is 0.0146. The number of amides is 1. The zero-order valence-corrected chi connectivity index (χ0v) is 14.8. The van der Waals surface area contributed by atoms with Crippen LogP contribution in [0.5, 0.6) is 0 Å². The van der Waals surface area contributed by atoms with E-state index in [1.165, 1.54) is 12.8 Å². The van der Waals surface area contributed by atoms with Crippen molar-refractivity contribution in [2.45, 2.75) is 37.0 Å².